The lowest BCUT2D eigenvalue weighted by molar-refractivity contribution is 0.0695. The molecule has 0 radical (unpaired) electrons. The molecule has 0 atom stereocenters. The fraction of sp³-hybridized carbons (Fsp3) is 0.300. The van der Waals surface area contributed by atoms with Crippen LogP contribution in [0.25, 0.3) is 0 Å². The van der Waals surface area contributed by atoms with Crippen molar-refractivity contribution in [2.24, 2.45) is 0 Å². The lowest BCUT2D eigenvalue weighted by atomic mass is 10.0. The van der Waals surface area contributed by atoms with Gasteiger partial charge in [-0.25, -0.2) is 4.79 Å². The second-order valence-electron chi connectivity index (χ2n) is 2.80. The summed E-state index contributed by atoms with van der Waals surface area (Å²) in [7, 11) is 1.51. The Morgan fingerprint density at radius 1 is 1.50 bits per heavy atom. The highest BCUT2D eigenvalue weighted by Gasteiger charge is 2.10. The minimum absolute atomic E-state index is 0.0759. The summed E-state index contributed by atoms with van der Waals surface area (Å²) in [5.74, 6) is -0.394. The first-order chi connectivity index (χ1) is 6.69. The van der Waals surface area contributed by atoms with Crippen LogP contribution in [0.15, 0.2) is 18.2 Å². The molecule has 4 heteroatoms. The van der Waals surface area contributed by atoms with E-state index in [9.17, 15) is 4.79 Å². The second kappa shape index (κ2) is 4.62. The molecule has 0 aliphatic rings. The second-order valence-corrected chi connectivity index (χ2v) is 2.80. The van der Waals surface area contributed by atoms with E-state index in [-0.39, 0.29) is 12.2 Å². The summed E-state index contributed by atoms with van der Waals surface area (Å²) in [6.45, 7) is -0.0759. The molecule has 0 saturated carbocycles. The van der Waals surface area contributed by atoms with Gasteiger partial charge < -0.3 is 14.9 Å². The van der Waals surface area contributed by atoms with Crippen LogP contribution in [0.5, 0.6) is 5.75 Å². The van der Waals surface area contributed by atoms with Crippen molar-refractivity contribution >= 4 is 5.97 Å². The Hall–Kier alpha value is -1.55. The van der Waals surface area contributed by atoms with E-state index < -0.39 is 5.97 Å². The number of aromatic carboxylic acids is 1. The van der Waals surface area contributed by atoms with Gasteiger partial charge >= 0.3 is 5.97 Å². The molecule has 2 N–H and O–H groups in total. The highest BCUT2D eigenvalue weighted by molar-refractivity contribution is 5.89. The Morgan fingerprint density at radius 2 is 2.21 bits per heavy atom. The first-order valence-corrected chi connectivity index (χ1v) is 4.20. The Morgan fingerprint density at radius 3 is 2.71 bits per heavy atom. The number of aliphatic hydroxyl groups is 1. The van der Waals surface area contributed by atoms with Crippen molar-refractivity contribution in [3.63, 3.8) is 0 Å². The minimum atomic E-state index is -0.990. The molecule has 0 saturated heterocycles. The Bertz CT molecular complexity index is 333. The van der Waals surface area contributed by atoms with Gasteiger partial charge in [-0.3, -0.25) is 0 Å². The molecule has 0 fully saturated rings. The molecule has 0 spiro atoms. The number of carbonyl (C=O) groups is 1. The fourth-order valence-electron chi connectivity index (χ4n) is 1.23. The number of hydrogen-bond donors (Lipinski definition) is 2. The van der Waals surface area contributed by atoms with Crippen molar-refractivity contribution < 1.29 is 19.7 Å². The first-order valence-electron chi connectivity index (χ1n) is 4.20. The number of methoxy groups -OCH3 is 1. The number of hydrogen-bond acceptors (Lipinski definition) is 3. The molecule has 0 aliphatic carbocycles. The molecule has 0 bridgehead atoms. The molecule has 1 rings (SSSR count). The van der Waals surface area contributed by atoms with Crippen LogP contribution in [0.1, 0.15) is 15.9 Å². The van der Waals surface area contributed by atoms with Gasteiger partial charge in [0.1, 0.15) is 5.75 Å². The van der Waals surface area contributed by atoms with Gasteiger partial charge in [0.25, 0.3) is 0 Å². The van der Waals surface area contributed by atoms with E-state index in [1.54, 1.807) is 12.1 Å². The van der Waals surface area contributed by atoms with Crippen LogP contribution in [0, 0.1) is 0 Å². The molecule has 0 amide bonds. The molecule has 1 aromatic carbocycles. The Kier molecular flexibility index (Phi) is 3.48. The fourth-order valence-corrected chi connectivity index (χ4v) is 1.23. The van der Waals surface area contributed by atoms with Crippen molar-refractivity contribution in [3.8, 4) is 5.75 Å². The average molecular weight is 196 g/mol. The zero-order valence-corrected chi connectivity index (χ0v) is 7.86. The summed E-state index contributed by atoms with van der Waals surface area (Å²) in [4.78, 5) is 10.8. The molecule has 0 aliphatic heterocycles. The van der Waals surface area contributed by atoms with E-state index in [2.05, 4.69) is 0 Å². The third kappa shape index (κ3) is 2.23. The van der Waals surface area contributed by atoms with Crippen molar-refractivity contribution in [1.82, 2.24) is 0 Å². The maximum atomic E-state index is 10.8. The van der Waals surface area contributed by atoms with Gasteiger partial charge in [-0.05, 0) is 30.2 Å². The van der Waals surface area contributed by atoms with Crippen LogP contribution in [0.2, 0.25) is 0 Å². The highest BCUT2D eigenvalue weighted by Crippen LogP contribution is 2.18. The molecule has 4 nitrogen and oxygen atoms in total. The summed E-state index contributed by atoms with van der Waals surface area (Å²) < 4.78 is 4.96. The van der Waals surface area contributed by atoms with Crippen molar-refractivity contribution in [3.05, 3.63) is 29.3 Å². The van der Waals surface area contributed by atoms with Gasteiger partial charge in [-0.15, -0.1) is 0 Å². The molecule has 14 heavy (non-hydrogen) atoms. The van der Waals surface area contributed by atoms with Gasteiger partial charge in [0.05, 0.1) is 12.7 Å². The summed E-state index contributed by atoms with van der Waals surface area (Å²) in [6.07, 6.45) is 0.318. The SMILES string of the molecule is COc1ccc(C(=O)O)c(CCO)c1. The smallest absolute Gasteiger partial charge is 0.335 e. The van der Waals surface area contributed by atoms with Crippen molar-refractivity contribution in [1.29, 1.82) is 0 Å². The monoisotopic (exact) mass is 196 g/mol. The number of rotatable bonds is 4. The van der Waals surface area contributed by atoms with Gasteiger partial charge in [0.2, 0.25) is 0 Å². The van der Waals surface area contributed by atoms with Crippen LogP contribution >= 0.6 is 0 Å². The van der Waals surface area contributed by atoms with E-state index in [0.29, 0.717) is 17.7 Å². The van der Waals surface area contributed by atoms with Gasteiger partial charge in [0, 0.05) is 6.61 Å². The quantitative estimate of drug-likeness (QED) is 0.751. The lowest BCUT2D eigenvalue weighted by Crippen LogP contribution is -2.04. The largest absolute Gasteiger partial charge is 0.497 e. The van der Waals surface area contributed by atoms with Gasteiger partial charge in [0.15, 0.2) is 0 Å². The zero-order chi connectivity index (χ0) is 10.6. The van der Waals surface area contributed by atoms with E-state index in [4.69, 9.17) is 14.9 Å². The molecule has 0 unspecified atom stereocenters. The molecule has 76 valence electrons. The van der Waals surface area contributed by atoms with Crippen LogP contribution < -0.4 is 4.74 Å². The zero-order valence-electron chi connectivity index (χ0n) is 7.86. The molecule has 0 aromatic heterocycles. The topological polar surface area (TPSA) is 66.8 Å². The van der Waals surface area contributed by atoms with Crippen LogP contribution in [0.3, 0.4) is 0 Å². The summed E-state index contributed by atoms with van der Waals surface area (Å²) in [5, 5.41) is 17.6. The third-order valence-electron chi connectivity index (χ3n) is 1.92. The number of carboxylic acids is 1. The molecular formula is C10H12O4. The predicted octanol–water partition coefficient (Wildman–Crippen LogP) is 0.928. The standard InChI is InChI=1S/C10H12O4/c1-14-8-2-3-9(10(12)13)7(6-8)4-5-11/h2-3,6,11H,4-5H2,1H3,(H,12,13). The summed E-state index contributed by atoms with van der Waals surface area (Å²) >= 11 is 0. The maximum Gasteiger partial charge on any atom is 0.335 e. The van der Waals surface area contributed by atoms with Crippen LogP contribution in [0.4, 0.5) is 0 Å². The van der Waals surface area contributed by atoms with E-state index in [1.165, 1.54) is 13.2 Å². The maximum absolute atomic E-state index is 10.8. The Balaban J connectivity index is 3.10. The lowest BCUT2D eigenvalue weighted by Gasteiger charge is -2.06. The first kappa shape index (κ1) is 10.5. The third-order valence-corrected chi connectivity index (χ3v) is 1.92. The van der Waals surface area contributed by atoms with Crippen molar-refractivity contribution in [2.75, 3.05) is 13.7 Å². The number of carboxylic acid groups (broad SMARTS) is 1. The molecule has 0 heterocycles. The van der Waals surface area contributed by atoms with Crippen molar-refractivity contribution in [2.45, 2.75) is 6.42 Å². The average Bonchev–Trinajstić information content (AvgIpc) is 2.17. The number of ether oxygens (including phenoxy) is 1. The van der Waals surface area contributed by atoms with Gasteiger partial charge in [-0.2, -0.15) is 0 Å². The predicted molar refractivity (Wildman–Crippen MR) is 50.7 cm³/mol. The number of aliphatic hydroxyl groups excluding tert-OH is 1. The van der Waals surface area contributed by atoms with E-state index in [0.717, 1.165) is 0 Å². The van der Waals surface area contributed by atoms with Crippen LogP contribution in [-0.4, -0.2) is 29.9 Å². The molecular weight excluding hydrogens is 184 g/mol. The van der Waals surface area contributed by atoms with Gasteiger partial charge in [-0.1, -0.05) is 0 Å². The van der Waals surface area contributed by atoms with E-state index in [1.807, 2.05) is 0 Å². The van der Waals surface area contributed by atoms with Crippen LogP contribution in [-0.2, 0) is 6.42 Å². The Labute approximate surface area is 81.8 Å². The summed E-state index contributed by atoms with van der Waals surface area (Å²) in [6, 6.07) is 4.69. The summed E-state index contributed by atoms with van der Waals surface area (Å²) in [5.41, 5.74) is 0.791. The highest BCUT2D eigenvalue weighted by atomic mass is 16.5. The molecule has 1 aromatic rings. The minimum Gasteiger partial charge on any atom is -0.497 e. The normalized spacial score (nSPS) is 9.86. The van der Waals surface area contributed by atoms with E-state index >= 15 is 0 Å². The number of benzene rings is 1.